The lowest BCUT2D eigenvalue weighted by molar-refractivity contribution is 0.800. The van der Waals surface area contributed by atoms with Gasteiger partial charge in [0.1, 0.15) is 23.3 Å². The van der Waals surface area contributed by atoms with Gasteiger partial charge in [0.15, 0.2) is 0 Å². The van der Waals surface area contributed by atoms with Crippen LogP contribution in [0.1, 0.15) is 38.8 Å². The summed E-state index contributed by atoms with van der Waals surface area (Å²) in [6, 6.07) is 1.98. The van der Waals surface area contributed by atoms with Gasteiger partial charge in [-0.25, -0.2) is 15.0 Å². The third-order valence-corrected chi connectivity index (χ3v) is 2.87. The lowest BCUT2D eigenvalue weighted by atomic mass is 10.3. The molecule has 0 amide bonds. The van der Waals surface area contributed by atoms with Crippen LogP contribution in [0.5, 0.6) is 0 Å². The van der Waals surface area contributed by atoms with E-state index in [1.807, 2.05) is 23.0 Å². The summed E-state index contributed by atoms with van der Waals surface area (Å²) in [5.41, 5.74) is 0. The fraction of sp³-hybridized carbons (Fsp3) is 0.500. The molecule has 102 valence electrons. The summed E-state index contributed by atoms with van der Waals surface area (Å²) in [6.07, 6.45) is 6.58. The van der Waals surface area contributed by atoms with Gasteiger partial charge in [0, 0.05) is 37.8 Å². The summed E-state index contributed by atoms with van der Waals surface area (Å²) in [4.78, 5) is 13.5. The van der Waals surface area contributed by atoms with Crippen molar-refractivity contribution in [2.24, 2.45) is 0 Å². The number of aromatic nitrogens is 4. The van der Waals surface area contributed by atoms with E-state index in [9.17, 15) is 0 Å². The topological polar surface area (TPSA) is 55.6 Å². The number of anilines is 1. The smallest absolute Gasteiger partial charge is 0.143 e. The summed E-state index contributed by atoms with van der Waals surface area (Å²) < 4.78 is 2.03. The molecule has 0 saturated carbocycles. The molecule has 0 radical (unpaired) electrons. The summed E-state index contributed by atoms with van der Waals surface area (Å²) in [7, 11) is 0. The molecule has 0 aliphatic rings. The molecule has 0 bridgehead atoms. The molecule has 0 unspecified atom stereocenters. The highest BCUT2D eigenvalue weighted by atomic mass is 15.1. The fourth-order valence-corrected chi connectivity index (χ4v) is 2.02. The first kappa shape index (κ1) is 13.5. The summed E-state index contributed by atoms with van der Waals surface area (Å²) >= 11 is 0. The van der Waals surface area contributed by atoms with Gasteiger partial charge in [-0.15, -0.1) is 0 Å². The van der Waals surface area contributed by atoms with Gasteiger partial charge in [0.25, 0.3) is 0 Å². The first-order chi connectivity index (χ1) is 9.28. The molecule has 2 aromatic rings. The molecule has 19 heavy (non-hydrogen) atoms. The monoisotopic (exact) mass is 259 g/mol. The molecule has 2 aromatic heterocycles. The zero-order valence-corrected chi connectivity index (χ0v) is 11.8. The third kappa shape index (κ3) is 3.10. The number of nitrogens with one attached hydrogen (secondary N) is 1. The van der Waals surface area contributed by atoms with Crippen LogP contribution in [0, 0.1) is 0 Å². The Hall–Kier alpha value is -1.91. The van der Waals surface area contributed by atoms with E-state index in [-0.39, 0.29) is 0 Å². The minimum Gasteiger partial charge on any atom is -0.370 e. The van der Waals surface area contributed by atoms with Crippen LogP contribution in [-0.2, 0) is 12.8 Å². The van der Waals surface area contributed by atoms with E-state index in [0.29, 0.717) is 0 Å². The van der Waals surface area contributed by atoms with Crippen molar-refractivity contribution >= 4 is 5.82 Å². The highest BCUT2D eigenvalue weighted by Crippen LogP contribution is 2.14. The molecule has 2 rings (SSSR count). The van der Waals surface area contributed by atoms with Crippen molar-refractivity contribution in [3.8, 4) is 5.82 Å². The first-order valence-corrected chi connectivity index (χ1v) is 6.92. The Balaban J connectivity index is 2.43. The molecule has 0 aromatic carbocycles. The molecule has 0 atom stereocenters. The normalized spacial score (nSPS) is 10.7. The quantitative estimate of drug-likeness (QED) is 0.866. The minimum atomic E-state index is 0.854. The maximum atomic E-state index is 4.63. The van der Waals surface area contributed by atoms with Gasteiger partial charge in [0.05, 0.1) is 0 Å². The lowest BCUT2D eigenvalue weighted by Gasteiger charge is -2.10. The van der Waals surface area contributed by atoms with E-state index >= 15 is 0 Å². The van der Waals surface area contributed by atoms with Crippen molar-refractivity contribution in [1.82, 2.24) is 19.5 Å². The largest absolute Gasteiger partial charge is 0.370 e. The van der Waals surface area contributed by atoms with E-state index in [2.05, 4.69) is 41.0 Å². The van der Waals surface area contributed by atoms with Crippen molar-refractivity contribution in [2.75, 3.05) is 11.9 Å². The Bertz CT molecular complexity index is 508. The lowest BCUT2D eigenvalue weighted by Crippen LogP contribution is -2.09. The highest BCUT2D eigenvalue weighted by molar-refractivity contribution is 5.42. The Labute approximate surface area is 114 Å². The molecule has 5 nitrogen and oxygen atoms in total. The second-order valence-electron chi connectivity index (χ2n) is 4.37. The van der Waals surface area contributed by atoms with Crippen LogP contribution >= 0.6 is 0 Å². The van der Waals surface area contributed by atoms with Crippen LogP contribution in [-0.4, -0.2) is 26.1 Å². The maximum Gasteiger partial charge on any atom is 0.143 e. The van der Waals surface area contributed by atoms with Crippen LogP contribution in [0.4, 0.5) is 5.82 Å². The average molecular weight is 259 g/mol. The van der Waals surface area contributed by atoms with E-state index in [0.717, 1.165) is 49.1 Å². The summed E-state index contributed by atoms with van der Waals surface area (Å²) in [5.74, 6) is 3.67. The second kappa shape index (κ2) is 6.31. The molecule has 0 spiro atoms. The minimum absolute atomic E-state index is 0.854. The number of imidazole rings is 1. The van der Waals surface area contributed by atoms with E-state index < -0.39 is 0 Å². The predicted octanol–water partition coefficient (Wildman–Crippen LogP) is 2.61. The van der Waals surface area contributed by atoms with E-state index in [1.165, 1.54) is 0 Å². The number of hydrogen-bond acceptors (Lipinski definition) is 4. The molecule has 1 N–H and O–H groups in total. The first-order valence-electron chi connectivity index (χ1n) is 6.92. The number of hydrogen-bond donors (Lipinski definition) is 1. The van der Waals surface area contributed by atoms with Crippen LogP contribution in [0.2, 0.25) is 0 Å². The van der Waals surface area contributed by atoms with Crippen LogP contribution < -0.4 is 5.32 Å². The number of aryl methyl sites for hydroxylation is 2. The van der Waals surface area contributed by atoms with Crippen molar-refractivity contribution in [2.45, 2.75) is 40.0 Å². The van der Waals surface area contributed by atoms with Crippen molar-refractivity contribution in [1.29, 1.82) is 0 Å². The Morgan fingerprint density at radius 3 is 2.74 bits per heavy atom. The van der Waals surface area contributed by atoms with Crippen molar-refractivity contribution < 1.29 is 0 Å². The van der Waals surface area contributed by atoms with Crippen LogP contribution in [0.3, 0.4) is 0 Å². The average Bonchev–Trinajstić information content (AvgIpc) is 2.87. The van der Waals surface area contributed by atoms with Gasteiger partial charge in [-0.2, -0.15) is 0 Å². The number of rotatable bonds is 6. The molecule has 0 aliphatic heterocycles. The molecular weight excluding hydrogens is 238 g/mol. The zero-order chi connectivity index (χ0) is 13.7. The molecular formula is C14H21N5. The van der Waals surface area contributed by atoms with E-state index in [1.54, 1.807) is 0 Å². The molecule has 5 heteroatoms. The Kier molecular flexibility index (Phi) is 4.49. The van der Waals surface area contributed by atoms with Gasteiger partial charge in [-0.3, -0.25) is 4.57 Å². The standard InChI is InChI=1S/C14H21N5/c1-4-7-11-17-12(15-6-3)10-14(18-11)19-9-8-16-13(19)5-2/h8-10H,4-7H2,1-3H3,(H,15,17,18). The number of nitrogens with zero attached hydrogens (tertiary/aromatic N) is 4. The second-order valence-corrected chi connectivity index (χ2v) is 4.37. The maximum absolute atomic E-state index is 4.63. The molecule has 2 heterocycles. The molecule has 0 saturated heterocycles. The third-order valence-electron chi connectivity index (χ3n) is 2.87. The fourth-order valence-electron chi connectivity index (χ4n) is 2.02. The van der Waals surface area contributed by atoms with Gasteiger partial charge >= 0.3 is 0 Å². The zero-order valence-electron chi connectivity index (χ0n) is 11.8. The van der Waals surface area contributed by atoms with Gasteiger partial charge in [-0.1, -0.05) is 13.8 Å². The SMILES string of the molecule is CCCc1nc(NCC)cc(-n2ccnc2CC)n1. The Morgan fingerprint density at radius 1 is 1.21 bits per heavy atom. The van der Waals surface area contributed by atoms with Crippen LogP contribution in [0.15, 0.2) is 18.5 Å². The van der Waals surface area contributed by atoms with Gasteiger partial charge < -0.3 is 5.32 Å². The molecule has 0 fully saturated rings. The molecule has 0 aliphatic carbocycles. The van der Waals surface area contributed by atoms with E-state index in [4.69, 9.17) is 0 Å². The van der Waals surface area contributed by atoms with Gasteiger partial charge in [-0.05, 0) is 13.3 Å². The Morgan fingerprint density at radius 2 is 2.05 bits per heavy atom. The van der Waals surface area contributed by atoms with Crippen molar-refractivity contribution in [3.63, 3.8) is 0 Å². The van der Waals surface area contributed by atoms with Crippen LogP contribution in [0.25, 0.3) is 5.82 Å². The van der Waals surface area contributed by atoms with Gasteiger partial charge in [0.2, 0.25) is 0 Å². The highest BCUT2D eigenvalue weighted by Gasteiger charge is 2.08. The predicted molar refractivity (Wildman–Crippen MR) is 76.7 cm³/mol. The summed E-state index contributed by atoms with van der Waals surface area (Å²) in [5, 5.41) is 3.26. The summed E-state index contributed by atoms with van der Waals surface area (Å²) in [6.45, 7) is 7.15. The van der Waals surface area contributed by atoms with Crippen molar-refractivity contribution in [3.05, 3.63) is 30.1 Å².